The zero-order chi connectivity index (χ0) is 12.8. The van der Waals surface area contributed by atoms with Crippen LogP contribution in [0.15, 0.2) is 12.3 Å². The molecule has 0 aromatic carbocycles. The molecule has 2 rings (SSSR count). The second kappa shape index (κ2) is 6.69. The molecule has 0 bridgehead atoms. The maximum absolute atomic E-state index is 14.1. The van der Waals surface area contributed by atoms with Gasteiger partial charge in [0.15, 0.2) is 5.82 Å². The van der Waals surface area contributed by atoms with Crippen LogP contribution >= 0.6 is 0 Å². The Balaban J connectivity index is 2.05. The summed E-state index contributed by atoms with van der Waals surface area (Å²) in [7, 11) is 1.80. The fourth-order valence-corrected chi connectivity index (χ4v) is 2.39. The summed E-state index contributed by atoms with van der Waals surface area (Å²) in [5.41, 5.74) is 0.608. The number of rotatable bonds is 4. The molecule has 1 fully saturated rings. The van der Waals surface area contributed by atoms with Crippen LogP contribution < -0.4 is 10.1 Å². The van der Waals surface area contributed by atoms with E-state index in [9.17, 15) is 4.39 Å². The fraction of sp³-hybridized carbons (Fsp3) is 0.643. The lowest BCUT2D eigenvalue weighted by Crippen LogP contribution is -2.17. The van der Waals surface area contributed by atoms with Gasteiger partial charge < -0.3 is 10.1 Å². The highest BCUT2D eigenvalue weighted by molar-refractivity contribution is 5.23. The molecule has 0 radical (unpaired) electrons. The first-order valence-electron chi connectivity index (χ1n) is 6.76. The van der Waals surface area contributed by atoms with Gasteiger partial charge in [-0.05, 0) is 38.8 Å². The van der Waals surface area contributed by atoms with Crippen LogP contribution in [0.3, 0.4) is 0 Å². The van der Waals surface area contributed by atoms with Crippen molar-refractivity contribution in [3.8, 4) is 5.88 Å². The summed E-state index contributed by atoms with van der Waals surface area (Å²) < 4.78 is 19.8. The molecule has 18 heavy (non-hydrogen) atoms. The fourth-order valence-electron chi connectivity index (χ4n) is 2.39. The van der Waals surface area contributed by atoms with E-state index < -0.39 is 0 Å². The first kappa shape index (κ1) is 13.3. The van der Waals surface area contributed by atoms with Crippen molar-refractivity contribution in [2.24, 2.45) is 0 Å². The van der Waals surface area contributed by atoms with E-state index in [1.807, 2.05) is 0 Å². The van der Waals surface area contributed by atoms with Crippen molar-refractivity contribution in [1.82, 2.24) is 10.3 Å². The van der Waals surface area contributed by atoms with Crippen molar-refractivity contribution in [3.63, 3.8) is 0 Å². The van der Waals surface area contributed by atoms with Gasteiger partial charge in [0.25, 0.3) is 5.88 Å². The summed E-state index contributed by atoms with van der Waals surface area (Å²) in [5, 5.41) is 2.94. The zero-order valence-corrected chi connectivity index (χ0v) is 10.9. The van der Waals surface area contributed by atoms with E-state index in [1.54, 1.807) is 19.3 Å². The summed E-state index contributed by atoms with van der Waals surface area (Å²) in [4.78, 5) is 4.02. The maximum atomic E-state index is 14.1. The molecule has 1 saturated carbocycles. The van der Waals surface area contributed by atoms with Crippen LogP contribution in [-0.4, -0.2) is 18.1 Å². The van der Waals surface area contributed by atoms with Crippen LogP contribution in [-0.2, 0) is 6.54 Å². The van der Waals surface area contributed by atoms with E-state index in [4.69, 9.17) is 4.74 Å². The van der Waals surface area contributed by atoms with Gasteiger partial charge in [-0.3, -0.25) is 0 Å². The molecule has 0 aliphatic heterocycles. The normalized spacial score (nSPS) is 17.4. The molecule has 0 unspecified atom stereocenters. The lowest BCUT2D eigenvalue weighted by molar-refractivity contribution is 0.167. The van der Waals surface area contributed by atoms with E-state index in [-0.39, 0.29) is 17.8 Å². The Morgan fingerprint density at radius 1 is 1.33 bits per heavy atom. The molecule has 0 amide bonds. The molecule has 0 saturated heterocycles. The SMILES string of the molecule is CNCc1ccnc(OC2CCCCCC2)c1F. The Morgan fingerprint density at radius 3 is 2.72 bits per heavy atom. The average Bonchev–Trinajstić information content (AvgIpc) is 2.63. The minimum Gasteiger partial charge on any atom is -0.472 e. The van der Waals surface area contributed by atoms with Crippen LogP contribution in [0.4, 0.5) is 4.39 Å². The van der Waals surface area contributed by atoms with Crippen LogP contribution in [0, 0.1) is 5.82 Å². The number of hydrogen-bond donors (Lipinski definition) is 1. The Hall–Kier alpha value is -1.16. The molecule has 3 nitrogen and oxygen atoms in total. The molecule has 1 N–H and O–H groups in total. The first-order valence-corrected chi connectivity index (χ1v) is 6.76. The molecule has 100 valence electrons. The topological polar surface area (TPSA) is 34.2 Å². The minimum atomic E-state index is -0.323. The summed E-state index contributed by atoms with van der Waals surface area (Å²) in [6.45, 7) is 0.495. The van der Waals surface area contributed by atoms with E-state index in [0.717, 1.165) is 12.8 Å². The molecule has 1 aliphatic rings. The number of hydrogen-bond acceptors (Lipinski definition) is 3. The highest BCUT2D eigenvalue weighted by Gasteiger charge is 2.17. The van der Waals surface area contributed by atoms with Gasteiger partial charge in [0.1, 0.15) is 6.10 Å². The molecule has 1 aromatic heterocycles. The molecule has 0 atom stereocenters. The smallest absolute Gasteiger partial charge is 0.250 e. The van der Waals surface area contributed by atoms with Crippen molar-refractivity contribution in [2.75, 3.05) is 7.05 Å². The van der Waals surface area contributed by atoms with E-state index >= 15 is 0 Å². The largest absolute Gasteiger partial charge is 0.472 e. The van der Waals surface area contributed by atoms with Gasteiger partial charge in [-0.15, -0.1) is 0 Å². The average molecular weight is 252 g/mol. The highest BCUT2D eigenvalue weighted by Crippen LogP contribution is 2.24. The van der Waals surface area contributed by atoms with Gasteiger partial charge in [-0.2, -0.15) is 0 Å². The molecule has 1 aromatic rings. The summed E-state index contributed by atoms with van der Waals surface area (Å²) in [6.07, 6.45) is 8.62. The highest BCUT2D eigenvalue weighted by atomic mass is 19.1. The predicted octanol–water partition coefficient (Wildman–Crippen LogP) is 3.04. The molecule has 1 heterocycles. The molecule has 1 aliphatic carbocycles. The lowest BCUT2D eigenvalue weighted by Gasteiger charge is -2.17. The van der Waals surface area contributed by atoms with Gasteiger partial charge in [-0.1, -0.05) is 12.8 Å². The van der Waals surface area contributed by atoms with Gasteiger partial charge in [0.2, 0.25) is 0 Å². The van der Waals surface area contributed by atoms with Crippen molar-refractivity contribution < 1.29 is 9.13 Å². The monoisotopic (exact) mass is 252 g/mol. The summed E-state index contributed by atoms with van der Waals surface area (Å²) in [6, 6.07) is 1.69. The summed E-state index contributed by atoms with van der Waals surface area (Å²) in [5.74, 6) is -0.161. The van der Waals surface area contributed by atoms with Crippen molar-refractivity contribution in [2.45, 2.75) is 51.2 Å². The van der Waals surface area contributed by atoms with Gasteiger partial charge in [0.05, 0.1) is 0 Å². The van der Waals surface area contributed by atoms with Crippen molar-refractivity contribution in [3.05, 3.63) is 23.6 Å². The number of aromatic nitrogens is 1. The van der Waals surface area contributed by atoms with Crippen LogP contribution in [0.1, 0.15) is 44.1 Å². The Labute approximate surface area is 108 Å². The molecule has 0 spiro atoms. The molecular formula is C14H21FN2O. The first-order chi connectivity index (χ1) is 8.81. The number of pyridine rings is 1. The number of halogens is 1. The third-order valence-electron chi connectivity index (χ3n) is 3.38. The molecule has 4 heteroatoms. The second-order valence-electron chi connectivity index (χ2n) is 4.85. The number of nitrogens with zero attached hydrogens (tertiary/aromatic N) is 1. The Bertz CT molecular complexity index is 376. The van der Waals surface area contributed by atoms with Gasteiger partial charge in [-0.25, -0.2) is 9.37 Å². The number of ether oxygens (including phenoxy) is 1. The third-order valence-corrected chi connectivity index (χ3v) is 3.38. The van der Waals surface area contributed by atoms with Crippen LogP contribution in [0.2, 0.25) is 0 Å². The standard InChI is InChI=1S/C14H21FN2O/c1-16-10-11-8-9-17-14(13(11)15)18-12-6-4-2-3-5-7-12/h8-9,12,16H,2-7,10H2,1H3. The number of nitrogens with one attached hydrogen (secondary N) is 1. The van der Waals surface area contributed by atoms with Crippen LogP contribution in [0.25, 0.3) is 0 Å². The zero-order valence-electron chi connectivity index (χ0n) is 10.9. The summed E-state index contributed by atoms with van der Waals surface area (Å²) >= 11 is 0. The van der Waals surface area contributed by atoms with Crippen molar-refractivity contribution in [1.29, 1.82) is 0 Å². The molecular weight excluding hydrogens is 231 g/mol. The van der Waals surface area contributed by atoms with Crippen molar-refractivity contribution >= 4 is 0 Å². The van der Waals surface area contributed by atoms with E-state index in [2.05, 4.69) is 10.3 Å². The van der Waals surface area contributed by atoms with Gasteiger partial charge >= 0.3 is 0 Å². The lowest BCUT2D eigenvalue weighted by atomic mass is 10.1. The quantitative estimate of drug-likeness (QED) is 0.836. The maximum Gasteiger partial charge on any atom is 0.250 e. The Morgan fingerprint density at radius 2 is 2.06 bits per heavy atom. The second-order valence-corrected chi connectivity index (χ2v) is 4.85. The minimum absolute atomic E-state index is 0.124. The van der Waals surface area contributed by atoms with Crippen LogP contribution in [0.5, 0.6) is 5.88 Å². The third kappa shape index (κ3) is 3.42. The predicted molar refractivity (Wildman–Crippen MR) is 69.1 cm³/mol. The van der Waals surface area contributed by atoms with E-state index in [1.165, 1.54) is 25.7 Å². The Kier molecular flexibility index (Phi) is 4.93. The van der Waals surface area contributed by atoms with E-state index in [0.29, 0.717) is 12.1 Å². The van der Waals surface area contributed by atoms with Gasteiger partial charge in [0, 0.05) is 18.3 Å².